The number of carboxylic acids is 1. The van der Waals surface area contributed by atoms with Gasteiger partial charge in [0.05, 0.1) is 31.0 Å². The molecule has 4 N–H and O–H groups in total. The number of fused-ring (bicyclic) bond motifs is 1. The van der Waals surface area contributed by atoms with Gasteiger partial charge in [-0.1, -0.05) is 60.7 Å². The Morgan fingerprint density at radius 2 is 1.59 bits per heavy atom. The van der Waals surface area contributed by atoms with Gasteiger partial charge in [-0.25, -0.2) is 9.59 Å². The first-order valence-electron chi connectivity index (χ1n) is 15.9. The van der Waals surface area contributed by atoms with E-state index in [0.717, 1.165) is 29.7 Å². The molecule has 1 unspecified atom stereocenters. The van der Waals surface area contributed by atoms with Crippen molar-refractivity contribution < 1.29 is 14.7 Å². The number of hydrogen-bond acceptors (Lipinski definition) is 6. The Labute approximate surface area is 290 Å². The van der Waals surface area contributed by atoms with E-state index in [1.807, 2.05) is 32.3 Å². The molecule has 0 bridgehead atoms. The number of primary amides is 1. The normalized spacial score (nSPS) is 12.0. The van der Waals surface area contributed by atoms with Crippen LogP contribution in [0.5, 0.6) is 0 Å². The molecular weight excluding hydrogens is 633 g/mol. The molecular formula is C39H41N6O3S+. The van der Waals surface area contributed by atoms with Crippen LogP contribution in [-0.4, -0.2) is 55.0 Å². The Balaban J connectivity index is 0.000000452. The maximum Gasteiger partial charge on any atom is 0.335 e. The monoisotopic (exact) mass is 673 g/mol. The van der Waals surface area contributed by atoms with Crippen molar-refractivity contribution in [2.45, 2.75) is 19.9 Å². The van der Waals surface area contributed by atoms with Crippen molar-refractivity contribution in [2.24, 2.45) is 5.73 Å². The average Bonchev–Trinajstić information content (AvgIpc) is 3.42. The molecule has 0 saturated carbocycles. The standard InChI is InChI=1S/C32H34N6OS.C7H6O2/c1-22-29(30-19-25(35-32(33)39)13-14-31(30)40-22)15-16-38(4,21-26-18-27(37(2)3)20-34-36-26)28-12-8-11-24(17-28)23-9-6-5-7-10-23;8-7(9)6-4-2-1-3-5-6/h5-14,17-20H,15-16,21H2,1-4H3,(H2-,33,35,39);1-5H,(H,8,9)/p+1. The van der Waals surface area contributed by atoms with E-state index in [4.69, 9.17) is 10.8 Å². The lowest BCUT2D eigenvalue weighted by molar-refractivity contribution is 0.0697. The number of anilines is 2. The van der Waals surface area contributed by atoms with E-state index < -0.39 is 12.0 Å². The molecule has 6 aromatic rings. The van der Waals surface area contributed by atoms with Gasteiger partial charge in [-0.3, -0.25) is 4.48 Å². The van der Waals surface area contributed by atoms with Crippen LogP contribution < -0.4 is 20.4 Å². The largest absolute Gasteiger partial charge is 0.478 e. The summed E-state index contributed by atoms with van der Waals surface area (Å²) in [7, 11) is 6.31. The minimum Gasteiger partial charge on any atom is -0.478 e. The molecule has 10 heteroatoms. The second kappa shape index (κ2) is 15.5. The van der Waals surface area contributed by atoms with E-state index in [1.165, 1.54) is 32.0 Å². The maximum atomic E-state index is 11.5. The number of carbonyl (C=O) groups is 2. The number of rotatable bonds is 10. The van der Waals surface area contributed by atoms with Crippen molar-refractivity contribution in [1.82, 2.24) is 14.7 Å². The zero-order valence-electron chi connectivity index (χ0n) is 28.1. The van der Waals surface area contributed by atoms with Gasteiger partial charge in [-0.2, -0.15) is 5.10 Å². The molecule has 0 spiro atoms. The molecule has 4 aromatic carbocycles. The third-order valence-corrected chi connectivity index (χ3v) is 9.56. The molecule has 0 fully saturated rings. The number of amides is 2. The van der Waals surface area contributed by atoms with Crippen LogP contribution in [0.4, 0.5) is 21.9 Å². The maximum absolute atomic E-state index is 11.5. The summed E-state index contributed by atoms with van der Waals surface area (Å²) in [6, 6.07) is 35.2. The number of hydrogen-bond donors (Lipinski definition) is 3. The summed E-state index contributed by atoms with van der Waals surface area (Å²) < 4.78 is 1.86. The van der Waals surface area contributed by atoms with E-state index in [1.54, 1.807) is 47.9 Å². The topological polar surface area (TPSA) is 121 Å². The van der Waals surface area contributed by atoms with Crippen molar-refractivity contribution in [2.75, 3.05) is 37.9 Å². The molecule has 0 saturated heterocycles. The summed E-state index contributed by atoms with van der Waals surface area (Å²) in [5.41, 5.74) is 13.3. The summed E-state index contributed by atoms with van der Waals surface area (Å²) >= 11 is 1.78. The Bertz CT molecular complexity index is 2050. The van der Waals surface area contributed by atoms with Crippen molar-refractivity contribution in [3.8, 4) is 11.1 Å². The van der Waals surface area contributed by atoms with E-state index >= 15 is 0 Å². The van der Waals surface area contributed by atoms with Crippen LogP contribution in [0, 0.1) is 6.92 Å². The predicted molar refractivity (Wildman–Crippen MR) is 201 cm³/mol. The number of benzene rings is 4. The fourth-order valence-electron chi connectivity index (χ4n) is 5.77. The zero-order valence-corrected chi connectivity index (χ0v) is 28.9. The van der Waals surface area contributed by atoms with Gasteiger partial charge in [0.2, 0.25) is 0 Å². The van der Waals surface area contributed by atoms with Gasteiger partial charge in [0, 0.05) is 41.8 Å². The van der Waals surface area contributed by atoms with Crippen LogP contribution in [0.3, 0.4) is 0 Å². The number of urea groups is 1. The number of nitrogens with one attached hydrogen (secondary N) is 1. The fourth-order valence-corrected chi connectivity index (χ4v) is 6.86. The van der Waals surface area contributed by atoms with Gasteiger partial charge in [-0.05, 0) is 71.5 Å². The van der Waals surface area contributed by atoms with Crippen LogP contribution in [0.15, 0.2) is 115 Å². The molecule has 2 aromatic heterocycles. The number of nitrogens with two attached hydrogens (primary N) is 1. The SMILES string of the molecule is Cc1sc2ccc(NC(N)=O)cc2c1CC[N+](C)(Cc1cc(N(C)C)cnn1)c1cccc(-c2ccccc2)c1.O=C(O)c1ccccc1. The van der Waals surface area contributed by atoms with Crippen LogP contribution in [-0.2, 0) is 13.0 Å². The highest BCUT2D eigenvalue weighted by molar-refractivity contribution is 7.19. The van der Waals surface area contributed by atoms with Crippen LogP contribution in [0.25, 0.3) is 21.2 Å². The second-order valence-corrected chi connectivity index (χ2v) is 13.5. The Morgan fingerprint density at radius 3 is 2.24 bits per heavy atom. The van der Waals surface area contributed by atoms with Gasteiger partial charge in [0.15, 0.2) is 0 Å². The Morgan fingerprint density at radius 1 is 0.898 bits per heavy atom. The molecule has 1 atom stereocenters. The Kier molecular flexibility index (Phi) is 11.0. The van der Waals surface area contributed by atoms with Gasteiger partial charge >= 0.3 is 12.0 Å². The van der Waals surface area contributed by atoms with Crippen molar-refractivity contribution >= 4 is 50.5 Å². The summed E-state index contributed by atoms with van der Waals surface area (Å²) in [6.07, 6.45) is 2.65. The molecule has 6 rings (SSSR count). The van der Waals surface area contributed by atoms with Crippen LogP contribution >= 0.6 is 11.3 Å². The van der Waals surface area contributed by atoms with E-state index in [9.17, 15) is 9.59 Å². The molecule has 2 heterocycles. The van der Waals surface area contributed by atoms with Crippen LogP contribution in [0.2, 0.25) is 0 Å². The zero-order chi connectivity index (χ0) is 35.0. The van der Waals surface area contributed by atoms with Crippen molar-refractivity contribution in [3.05, 3.63) is 137 Å². The highest BCUT2D eigenvalue weighted by Crippen LogP contribution is 2.35. The quantitative estimate of drug-likeness (QED) is 0.127. The third kappa shape index (κ3) is 8.86. The van der Waals surface area contributed by atoms with Gasteiger partial charge < -0.3 is 21.1 Å². The number of thiophene rings is 1. The third-order valence-electron chi connectivity index (χ3n) is 8.43. The lowest BCUT2D eigenvalue weighted by atomic mass is 10.0. The summed E-state index contributed by atoms with van der Waals surface area (Å²) in [4.78, 5) is 25.0. The first kappa shape index (κ1) is 34.7. The molecule has 250 valence electrons. The smallest absolute Gasteiger partial charge is 0.335 e. The number of aromatic nitrogens is 2. The molecule has 0 aliphatic heterocycles. The summed E-state index contributed by atoms with van der Waals surface area (Å²) in [5, 5.41) is 21.1. The predicted octanol–water partition coefficient (Wildman–Crippen LogP) is 7.99. The second-order valence-electron chi connectivity index (χ2n) is 12.3. The number of carbonyl (C=O) groups excluding carboxylic acids is 1. The minimum absolute atomic E-state index is 0.331. The molecule has 0 radical (unpaired) electrons. The van der Waals surface area contributed by atoms with Gasteiger partial charge in [0.1, 0.15) is 17.9 Å². The van der Waals surface area contributed by atoms with Crippen LogP contribution in [0.1, 0.15) is 26.5 Å². The number of quaternary nitrogens is 1. The van der Waals surface area contributed by atoms with E-state index in [0.29, 0.717) is 22.3 Å². The number of carboxylic acid groups (broad SMARTS) is 1. The fraction of sp³-hybridized carbons (Fsp3) is 0.179. The molecule has 49 heavy (non-hydrogen) atoms. The molecule has 2 amide bonds. The van der Waals surface area contributed by atoms with E-state index in [-0.39, 0.29) is 0 Å². The highest BCUT2D eigenvalue weighted by Gasteiger charge is 2.28. The Hall–Kier alpha value is -5.58. The molecule has 0 aliphatic rings. The average molecular weight is 674 g/mol. The highest BCUT2D eigenvalue weighted by atomic mass is 32.1. The summed E-state index contributed by atoms with van der Waals surface area (Å²) in [5.74, 6) is -0.879. The number of likely N-dealkylation sites (N-methyl/N-ethyl adjacent to an activating group) is 1. The number of nitrogens with zero attached hydrogens (tertiary/aromatic N) is 4. The first-order valence-corrected chi connectivity index (χ1v) is 16.7. The lowest BCUT2D eigenvalue weighted by Gasteiger charge is -2.34. The van der Waals surface area contributed by atoms with Gasteiger partial charge in [-0.15, -0.1) is 16.4 Å². The lowest BCUT2D eigenvalue weighted by Crippen LogP contribution is -2.46. The van der Waals surface area contributed by atoms with Crippen molar-refractivity contribution in [1.29, 1.82) is 0 Å². The van der Waals surface area contributed by atoms with E-state index in [2.05, 4.69) is 95.0 Å². The number of aromatic carboxylic acids is 1. The first-order chi connectivity index (χ1) is 23.5. The molecule has 9 nitrogen and oxygen atoms in total. The van der Waals surface area contributed by atoms with Crippen molar-refractivity contribution in [3.63, 3.8) is 0 Å². The molecule has 0 aliphatic carbocycles. The minimum atomic E-state index is -0.879. The summed E-state index contributed by atoms with van der Waals surface area (Å²) in [6.45, 7) is 3.72. The number of aryl methyl sites for hydroxylation is 1. The van der Waals surface area contributed by atoms with Gasteiger partial charge in [0.25, 0.3) is 0 Å².